The number of alkyl halides is 6. The van der Waals surface area contributed by atoms with Gasteiger partial charge in [0.05, 0.1) is 11.9 Å². The number of nitrogens with one attached hydrogen (secondary N) is 2. The SMILES string of the molecule is O=C(Nc1ccc(OC(F)(F)F)cc1)Nc1ncc(F)c(Cl)n1.O=C=Nc1ccc(OC(F)(F)F)cc1. The normalized spacial score (nSPS) is 10.8. The van der Waals surface area contributed by atoms with E-state index in [1.54, 1.807) is 0 Å². The van der Waals surface area contributed by atoms with Gasteiger partial charge in [-0.1, -0.05) is 11.6 Å². The summed E-state index contributed by atoms with van der Waals surface area (Å²) in [5.74, 6) is -1.89. The first-order valence-electron chi connectivity index (χ1n) is 9.29. The molecule has 3 rings (SSSR count). The number of carbonyl (C=O) groups excluding carboxylic acids is 2. The number of amides is 2. The summed E-state index contributed by atoms with van der Waals surface area (Å²) in [5, 5.41) is 4.02. The molecule has 0 bridgehead atoms. The molecule has 0 aliphatic heterocycles. The highest BCUT2D eigenvalue weighted by Crippen LogP contribution is 2.25. The van der Waals surface area contributed by atoms with Gasteiger partial charge in [-0.2, -0.15) is 9.98 Å². The molecular weight excluding hydrogens is 543 g/mol. The first-order chi connectivity index (χ1) is 17.2. The van der Waals surface area contributed by atoms with E-state index >= 15 is 0 Å². The third-order valence-corrected chi connectivity index (χ3v) is 3.78. The topological polar surface area (TPSA) is 115 Å². The fourth-order valence-electron chi connectivity index (χ4n) is 2.19. The van der Waals surface area contributed by atoms with Crippen LogP contribution in [0.1, 0.15) is 0 Å². The standard InChI is InChI=1S/C12H7ClF4N4O2.C8H4F3NO2/c13-9-8(14)5-18-10(20-9)21-11(22)19-6-1-3-7(4-2-6)23-12(15,16)17;9-8(10,11)14-7-3-1-6(2-4-7)12-5-13/h1-5H,(H2,18,19,20,21,22);1-4H. The van der Waals surface area contributed by atoms with Crippen LogP contribution in [0.4, 0.5) is 52.9 Å². The zero-order valence-corrected chi connectivity index (χ0v) is 18.5. The molecule has 37 heavy (non-hydrogen) atoms. The molecule has 0 spiro atoms. The summed E-state index contributed by atoms with van der Waals surface area (Å²) >= 11 is 5.42. The lowest BCUT2D eigenvalue weighted by atomic mass is 10.3. The zero-order chi connectivity index (χ0) is 27.6. The molecule has 0 aliphatic rings. The molecule has 2 aromatic carbocycles. The van der Waals surface area contributed by atoms with Gasteiger partial charge in [-0.05, 0) is 48.5 Å². The van der Waals surface area contributed by atoms with Crippen molar-refractivity contribution in [2.75, 3.05) is 10.6 Å². The van der Waals surface area contributed by atoms with Crippen LogP contribution in [-0.4, -0.2) is 34.8 Å². The second-order valence-electron chi connectivity index (χ2n) is 6.23. The number of carbonyl (C=O) groups is 1. The number of aliphatic imine (C=N–C) groups is 1. The van der Waals surface area contributed by atoms with Crippen molar-refractivity contribution in [1.82, 2.24) is 9.97 Å². The minimum Gasteiger partial charge on any atom is -0.406 e. The van der Waals surface area contributed by atoms with E-state index in [1.807, 2.05) is 0 Å². The van der Waals surface area contributed by atoms with Crippen LogP contribution in [0, 0.1) is 5.82 Å². The van der Waals surface area contributed by atoms with Crippen LogP contribution in [0.5, 0.6) is 11.5 Å². The van der Waals surface area contributed by atoms with Crippen LogP contribution < -0.4 is 20.1 Å². The van der Waals surface area contributed by atoms with Gasteiger partial charge in [0.15, 0.2) is 11.0 Å². The maximum Gasteiger partial charge on any atom is 0.573 e. The Kier molecular flexibility index (Phi) is 9.74. The summed E-state index contributed by atoms with van der Waals surface area (Å²) in [6, 6.07) is 8.18. The molecule has 2 N–H and O–H groups in total. The van der Waals surface area contributed by atoms with Gasteiger partial charge in [-0.15, -0.1) is 26.3 Å². The van der Waals surface area contributed by atoms with E-state index in [4.69, 9.17) is 11.6 Å². The second-order valence-corrected chi connectivity index (χ2v) is 6.59. The number of aromatic nitrogens is 2. The average Bonchev–Trinajstić information content (AvgIpc) is 2.78. The third-order valence-electron chi connectivity index (χ3n) is 3.52. The van der Waals surface area contributed by atoms with E-state index in [9.17, 15) is 40.3 Å². The van der Waals surface area contributed by atoms with Crippen molar-refractivity contribution < 1.29 is 49.8 Å². The summed E-state index contributed by atoms with van der Waals surface area (Å²) in [6.07, 6.45) is -7.48. The summed E-state index contributed by atoms with van der Waals surface area (Å²) in [5.41, 5.74) is 0.403. The minimum atomic E-state index is -4.80. The van der Waals surface area contributed by atoms with E-state index in [0.717, 1.165) is 30.5 Å². The number of halogens is 8. The number of isocyanates is 1. The molecule has 0 saturated carbocycles. The number of nitrogens with zero attached hydrogens (tertiary/aromatic N) is 3. The summed E-state index contributed by atoms with van der Waals surface area (Å²) < 4.78 is 91.2. The van der Waals surface area contributed by atoms with E-state index in [-0.39, 0.29) is 23.1 Å². The number of anilines is 2. The molecule has 196 valence electrons. The van der Waals surface area contributed by atoms with Gasteiger partial charge in [0.25, 0.3) is 0 Å². The van der Waals surface area contributed by atoms with Crippen LogP contribution in [0.15, 0.2) is 59.7 Å². The molecule has 0 saturated heterocycles. The molecule has 0 fully saturated rings. The van der Waals surface area contributed by atoms with E-state index in [1.165, 1.54) is 30.3 Å². The van der Waals surface area contributed by atoms with Gasteiger partial charge in [-0.3, -0.25) is 5.32 Å². The average molecular weight is 554 g/mol. The minimum absolute atomic E-state index is 0.185. The molecule has 17 heteroatoms. The molecule has 0 unspecified atom stereocenters. The lowest BCUT2D eigenvalue weighted by Crippen LogP contribution is -2.21. The number of ether oxygens (including phenoxy) is 2. The lowest BCUT2D eigenvalue weighted by molar-refractivity contribution is -0.275. The van der Waals surface area contributed by atoms with Crippen molar-refractivity contribution in [2.24, 2.45) is 4.99 Å². The summed E-state index contributed by atoms with van der Waals surface area (Å²) in [4.78, 5) is 31.6. The maximum absolute atomic E-state index is 12.9. The van der Waals surface area contributed by atoms with Crippen molar-refractivity contribution >= 4 is 41.0 Å². The van der Waals surface area contributed by atoms with Crippen molar-refractivity contribution in [3.63, 3.8) is 0 Å². The highest BCUT2D eigenvalue weighted by atomic mass is 35.5. The van der Waals surface area contributed by atoms with Crippen molar-refractivity contribution in [2.45, 2.75) is 12.7 Å². The number of hydrogen-bond donors (Lipinski definition) is 2. The predicted octanol–water partition coefficient (Wildman–Crippen LogP) is 6.36. The van der Waals surface area contributed by atoms with Gasteiger partial charge < -0.3 is 14.8 Å². The predicted molar refractivity (Wildman–Crippen MR) is 114 cm³/mol. The van der Waals surface area contributed by atoms with Gasteiger partial charge in [0, 0.05) is 5.69 Å². The van der Waals surface area contributed by atoms with Crippen LogP contribution >= 0.6 is 11.6 Å². The van der Waals surface area contributed by atoms with E-state index in [0.29, 0.717) is 0 Å². The van der Waals surface area contributed by atoms with Crippen molar-refractivity contribution in [1.29, 1.82) is 0 Å². The summed E-state index contributed by atoms with van der Waals surface area (Å²) in [6.45, 7) is 0. The quantitative estimate of drug-likeness (QED) is 0.164. The van der Waals surface area contributed by atoms with Crippen molar-refractivity contribution in [3.05, 3.63) is 65.7 Å². The molecular formula is C20H11ClF7N5O4. The monoisotopic (exact) mass is 553 g/mol. The Bertz CT molecular complexity index is 1250. The second kappa shape index (κ2) is 12.5. The Hall–Kier alpha value is -4.43. The molecule has 1 heterocycles. The van der Waals surface area contributed by atoms with Crippen LogP contribution in [-0.2, 0) is 4.79 Å². The number of benzene rings is 2. The molecule has 2 amide bonds. The molecule has 0 radical (unpaired) electrons. The smallest absolute Gasteiger partial charge is 0.406 e. The fraction of sp³-hybridized carbons (Fsp3) is 0.100. The Morgan fingerprint density at radius 1 is 0.892 bits per heavy atom. The first-order valence-corrected chi connectivity index (χ1v) is 9.67. The molecule has 1 aromatic heterocycles. The number of rotatable bonds is 5. The molecule has 9 nitrogen and oxygen atoms in total. The summed E-state index contributed by atoms with van der Waals surface area (Å²) in [7, 11) is 0. The number of hydrogen-bond acceptors (Lipinski definition) is 7. The van der Waals surface area contributed by atoms with Crippen LogP contribution in [0.3, 0.4) is 0 Å². The maximum atomic E-state index is 12.9. The van der Waals surface area contributed by atoms with Gasteiger partial charge in [0.2, 0.25) is 12.0 Å². The highest BCUT2D eigenvalue weighted by molar-refractivity contribution is 6.29. The van der Waals surface area contributed by atoms with E-state index < -0.39 is 35.5 Å². The van der Waals surface area contributed by atoms with Gasteiger partial charge >= 0.3 is 18.8 Å². The Morgan fingerprint density at radius 2 is 1.41 bits per heavy atom. The highest BCUT2D eigenvalue weighted by Gasteiger charge is 2.31. The van der Waals surface area contributed by atoms with Crippen LogP contribution in [0.25, 0.3) is 0 Å². The van der Waals surface area contributed by atoms with Gasteiger partial charge in [-0.25, -0.2) is 19.0 Å². The van der Waals surface area contributed by atoms with Crippen LogP contribution in [0.2, 0.25) is 5.15 Å². The lowest BCUT2D eigenvalue weighted by Gasteiger charge is -2.10. The Labute approximate surface area is 206 Å². The number of urea groups is 1. The Morgan fingerprint density at radius 3 is 1.86 bits per heavy atom. The third kappa shape index (κ3) is 11.2. The Balaban J connectivity index is 0.000000294. The molecule has 3 aromatic rings. The zero-order valence-electron chi connectivity index (χ0n) is 17.7. The first kappa shape index (κ1) is 28.8. The molecule has 0 aliphatic carbocycles. The largest absolute Gasteiger partial charge is 0.573 e. The van der Waals surface area contributed by atoms with E-state index in [2.05, 4.69) is 35.1 Å². The van der Waals surface area contributed by atoms with Gasteiger partial charge in [0.1, 0.15) is 11.5 Å². The fourth-order valence-corrected chi connectivity index (χ4v) is 2.31. The molecule has 0 atom stereocenters. The van der Waals surface area contributed by atoms with Crippen molar-refractivity contribution in [3.8, 4) is 11.5 Å².